The molecule has 1 aromatic heterocycles. The van der Waals surface area contributed by atoms with E-state index in [0.29, 0.717) is 25.3 Å². The van der Waals surface area contributed by atoms with E-state index >= 15 is 0 Å². The van der Waals surface area contributed by atoms with Gasteiger partial charge in [-0.05, 0) is 19.8 Å². The fraction of sp³-hybridized carbons (Fsp3) is 0.750. The Balaban J connectivity index is 2.37. The number of carbonyl (C=O) groups is 1. The third-order valence-corrected chi connectivity index (χ3v) is 3.58. The number of ether oxygens (including phenoxy) is 1. The molecule has 1 aliphatic carbocycles. The second-order valence-electron chi connectivity index (χ2n) is 4.74. The third-order valence-electron chi connectivity index (χ3n) is 3.58. The molecule has 0 saturated heterocycles. The molecule has 100 valence electrons. The van der Waals surface area contributed by atoms with E-state index in [0.717, 1.165) is 25.7 Å². The molecule has 0 radical (unpaired) electrons. The van der Waals surface area contributed by atoms with Gasteiger partial charge < -0.3 is 4.74 Å². The summed E-state index contributed by atoms with van der Waals surface area (Å²) in [6, 6.07) is 0. The maximum atomic E-state index is 12.3. The van der Waals surface area contributed by atoms with Gasteiger partial charge in [0.15, 0.2) is 0 Å². The van der Waals surface area contributed by atoms with Gasteiger partial charge in [-0.3, -0.25) is 9.78 Å². The van der Waals surface area contributed by atoms with Crippen molar-refractivity contribution in [3.63, 3.8) is 0 Å². The van der Waals surface area contributed by atoms with Gasteiger partial charge in [-0.15, -0.1) is 0 Å². The predicted octanol–water partition coefficient (Wildman–Crippen LogP) is 1.25. The summed E-state index contributed by atoms with van der Waals surface area (Å²) in [4.78, 5) is 26.1. The monoisotopic (exact) mass is 253 g/mol. The molecule has 1 aliphatic rings. The van der Waals surface area contributed by atoms with E-state index in [9.17, 15) is 9.59 Å². The first-order chi connectivity index (χ1) is 8.69. The zero-order chi connectivity index (χ0) is 13.0. The van der Waals surface area contributed by atoms with E-state index in [1.165, 1.54) is 0 Å². The highest BCUT2D eigenvalue weighted by Gasteiger charge is 2.44. The standard InChI is InChI=1S/C12H19N3O3/c1-2-18-10(16)12(7-5-3-4-6-8-12)9-13-11(17)15-14-9/h2-8H2,1H3,(H2,13,14,15,17). The number of aromatic nitrogens is 3. The van der Waals surface area contributed by atoms with Crippen molar-refractivity contribution in [2.45, 2.75) is 50.9 Å². The highest BCUT2D eigenvalue weighted by molar-refractivity contribution is 5.82. The maximum Gasteiger partial charge on any atom is 0.340 e. The van der Waals surface area contributed by atoms with E-state index in [-0.39, 0.29) is 11.7 Å². The van der Waals surface area contributed by atoms with E-state index < -0.39 is 5.41 Å². The van der Waals surface area contributed by atoms with Gasteiger partial charge in [0, 0.05) is 0 Å². The highest BCUT2D eigenvalue weighted by Crippen LogP contribution is 2.37. The van der Waals surface area contributed by atoms with Gasteiger partial charge in [0.1, 0.15) is 11.2 Å². The van der Waals surface area contributed by atoms with Crippen LogP contribution in [0.15, 0.2) is 4.79 Å². The molecule has 2 N–H and O–H groups in total. The summed E-state index contributed by atoms with van der Waals surface area (Å²) < 4.78 is 5.19. The first kappa shape index (κ1) is 12.9. The van der Waals surface area contributed by atoms with Crippen LogP contribution >= 0.6 is 0 Å². The van der Waals surface area contributed by atoms with Gasteiger partial charge in [-0.2, -0.15) is 5.10 Å². The molecule has 0 bridgehead atoms. The SMILES string of the molecule is CCOC(=O)C1(c2n[nH]c(=O)[nH]2)CCCCCC1. The minimum atomic E-state index is -0.772. The molecule has 0 amide bonds. The molecule has 0 aromatic carbocycles. The molecule has 1 heterocycles. The van der Waals surface area contributed by atoms with Crippen LogP contribution in [0.5, 0.6) is 0 Å². The molecule has 0 spiro atoms. The van der Waals surface area contributed by atoms with Crippen LogP contribution in [-0.2, 0) is 14.9 Å². The zero-order valence-corrected chi connectivity index (χ0v) is 10.6. The first-order valence-electron chi connectivity index (χ1n) is 6.51. The van der Waals surface area contributed by atoms with Gasteiger partial charge in [-0.25, -0.2) is 9.89 Å². The Bertz CT molecular complexity index is 455. The van der Waals surface area contributed by atoms with Gasteiger partial charge >= 0.3 is 11.7 Å². The molecule has 0 atom stereocenters. The molecular formula is C12H19N3O3. The number of esters is 1. The van der Waals surface area contributed by atoms with Crippen molar-refractivity contribution in [3.8, 4) is 0 Å². The minimum Gasteiger partial charge on any atom is -0.465 e. The van der Waals surface area contributed by atoms with Gasteiger partial charge in [0.05, 0.1) is 6.61 Å². The summed E-state index contributed by atoms with van der Waals surface area (Å²) in [6.45, 7) is 2.13. The molecule has 18 heavy (non-hydrogen) atoms. The van der Waals surface area contributed by atoms with E-state index in [2.05, 4.69) is 15.2 Å². The van der Waals surface area contributed by atoms with Crippen molar-refractivity contribution in [2.75, 3.05) is 6.61 Å². The van der Waals surface area contributed by atoms with Crippen molar-refractivity contribution in [2.24, 2.45) is 0 Å². The Morgan fingerprint density at radius 2 is 2.00 bits per heavy atom. The van der Waals surface area contributed by atoms with Gasteiger partial charge in [0.2, 0.25) is 0 Å². The van der Waals surface area contributed by atoms with E-state index in [1.54, 1.807) is 6.92 Å². The van der Waals surface area contributed by atoms with Crippen molar-refractivity contribution >= 4 is 5.97 Å². The van der Waals surface area contributed by atoms with Crippen LogP contribution in [0.25, 0.3) is 0 Å². The number of carbonyl (C=O) groups excluding carboxylic acids is 1. The maximum absolute atomic E-state index is 12.3. The van der Waals surface area contributed by atoms with Crippen LogP contribution in [0.2, 0.25) is 0 Å². The second-order valence-corrected chi connectivity index (χ2v) is 4.74. The zero-order valence-electron chi connectivity index (χ0n) is 10.6. The van der Waals surface area contributed by atoms with Gasteiger partial charge in [-0.1, -0.05) is 25.7 Å². The molecule has 1 saturated carbocycles. The number of hydrogen-bond donors (Lipinski definition) is 2. The number of hydrogen-bond acceptors (Lipinski definition) is 4. The van der Waals surface area contributed by atoms with E-state index in [4.69, 9.17) is 4.74 Å². The average molecular weight is 253 g/mol. The quantitative estimate of drug-likeness (QED) is 0.627. The summed E-state index contributed by atoms with van der Waals surface area (Å²) in [5.41, 5.74) is -1.15. The fourth-order valence-corrected chi connectivity index (χ4v) is 2.64. The molecule has 2 rings (SSSR count). The molecule has 1 fully saturated rings. The lowest BCUT2D eigenvalue weighted by Gasteiger charge is -2.27. The minimum absolute atomic E-state index is 0.269. The Morgan fingerprint density at radius 1 is 1.33 bits per heavy atom. The molecular weight excluding hydrogens is 234 g/mol. The van der Waals surface area contributed by atoms with Crippen molar-refractivity contribution in [3.05, 3.63) is 16.3 Å². The van der Waals surface area contributed by atoms with Crippen molar-refractivity contribution in [1.82, 2.24) is 15.2 Å². The van der Waals surface area contributed by atoms with Crippen molar-refractivity contribution < 1.29 is 9.53 Å². The van der Waals surface area contributed by atoms with Crippen LogP contribution < -0.4 is 5.69 Å². The molecule has 0 unspecified atom stereocenters. The Labute approximate surface area is 105 Å². The summed E-state index contributed by atoms with van der Waals surface area (Å²) in [5, 5.41) is 6.30. The summed E-state index contributed by atoms with van der Waals surface area (Å²) >= 11 is 0. The fourth-order valence-electron chi connectivity index (χ4n) is 2.64. The smallest absolute Gasteiger partial charge is 0.340 e. The summed E-state index contributed by atoms with van der Waals surface area (Å²) in [7, 11) is 0. The second kappa shape index (κ2) is 5.37. The Hall–Kier alpha value is -1.59. The predicted molar refractivity (Wildman–Crippen MR) is 65.2 cm³/mol. The Morgan fingerprint density at radius 3 is 2.50 bits per heavy atom. The van der Waals surface area contributed by atoms with Gasteiger partial charge in [0.25, 0.3) is 0 Å². The molecule has 0 aliphatic heterocycles. The van der Waals surface area contributed by atoms with Crippen LogP contribution in [-0.4, -0.2) is 27.8 Å². The lowest BCUT2D eigenvalue weighted by Crippen LogP contribution is -2.38. The van der Waals surface area contributed by atoms with Crippen molar-refractivity contribution in [1.29, 1.82) is 0 Å². The average Bonchev–Trinajstić information content (AvgIpc) is 2.66. The topological polar surface area (TPSA) is 87.8 Å². The Kier molecular flexibility index (Phi) is 3.84. The number of nitrogens with one attached hydrogen (secondary N) is 2. The number of aromatic amines is 2. The lowest BCUT2D eigenvalue weighted by molar-refractivity contribution is -0.151. The molecule has 1 aromatic rings. The van der Waals surface area contributed by atoms with Crippen LogP contribution in [0, 0.1) is 0 Å². The number of nitrogens with zero attached hydrogens (tertiary/aromatic N) is 1. The largest absolute Gasteiger partial charge is 0.465 e. The number of rotatable bonds is 3. The third kappa shape index (κ3) is 2.32. The molecule has 6 heteroatoms. The van der Waals surface area contributed by atoms with Crippen LogP contribution in [0.1, 0.15) is 51.3 Å². The summed E-state index contributed by atoms with van der Waals surface area (Å²) in [6.07, 6.45) is 5.49. The summed E-state index contributed by atoms with van der Waals surface area (Å²) in [5.74, 6) is 0.155. The van der Waals surface area contributed by atoms with E-state index in [1.807, 2.05) is 0 Å². The van der Waals surface area contributed by atoms with Crippen LogP contribution in [0.4, 0.5) is 0 Å². The first-order valence-corrected chi connectivity index (χ1v) is 6.51. The highest BCUT2D eigenvalue weighted by atomic mass is 16.5. The molecule has 6 nitrogen and oxygen atoms in total. The van der Waals surface area contributed by atoms with Crippen LogP contribution in [0.3, 0.4) is 0 Å². The number of H-pyrrole nitrogens is 2. The normalized spacial score (nSPS) is 19.2. The lowest BCUT2D eigenvalue weighted by atomic mass is 9.79.